The number of nitrogens with one attached hydrogen (secondary N) is 1. The van der Waals surface area contributed by atoms with Crippen LogP contribution in [0.15, 0.2) is 24.3 Å². The van der Waals surface area contributed by atoms with E-state index < -0.39 is 12.0 Å². The van der Waals surface area contributed by atoms with Crippen LogP contribution in [0.25, 0.3) is 0 Å². The molecule has 0 spiro atoms. The number of carboxylic acid groups (broad SMARTS) is 1. The minimum atomic E-state index is -1.02. The van der Waals surface area contributed by atoms with Gasteiger partial charge >= 0.3 is 12.0 Å². The Morgan fingerprint density at radius 3 is 2.63 bits per heavy atom. The molecule has 1 atom stereocenters. The summed E-state index contributed by atoms with van der Waals surface area (Å²) >= 11 is 0. The Hall–Kier alpha value is -2.24. The van der Waals surface area contributed by atoms with Crippen LogP contribution in [-0.4, -0.2) is 46.2 Å². The number of carbonyl (C=O) groups is 2. The van der Waals surface area contributed by atoms with Crippen molar-refractivity contribution in [3.63, 3.8) is 0 Å². The Labute approximate surface area is 110 Å². The van der Waals surface area contributed by atoms with Crippen LogP contribution >= 0.6 is 0 Å². The number of benzene rings is 1. The van der Waals surface area contributed by atoms with Crippen molar-refractivity contribution in [3.05, 3.63) is 29.8 Å². The van der Waals surface area contributed by atoms with E-state index >= 15 is 0 Å². The van der Waals surface area contributed by atoms with Crippen LogP contribution < -0.4 is 5.32 Å². The minimum absolute atomic E-state index is 0.131. The van der Waals surface area contributed by atoms with Crippen molar-refractivity contribution in [1.29, 1.82) is 0 Å². The molecule has 1 unspecified atom stereocenters. The van der Waals surface area contributed by atoms with E-state index in [1.54, 1.807) is 12.1 Å². The maximum absolute atomic E-state index is 11.7. The molecule has 6 nitrogen and oxygen atoms in total. The molecule has 0 saturated carbocycles. The highest BCUT2D eigenvalue weighted by Crippen LogP contribution is 2.15. The van der Waals surface area contributed by atoms with Gasteiger partial charge in [-0.15, -0.1) is 0 Å². The number of rotatable bonds is 4. The van der Waals surface area contributed by atoms with Crippen LogP contribution in [0.5, 0.6) is 5.75 Å². The molecular weight excluding hydrogens is 248 g/mol. The largest absolute Gasteiger partial charge is 0.508 e. The molecule has 1 aromatic carbocycles. The van der Waals surface area contributed by atoms with E-state index in [9.17, 15) is 19.8 Å². The third kappa shape index (κ3) is 3.15. The van der Waals surface area contributed by atoms with Gasteiger partial charge in [0.25, 0.3) is 0 Å². The second-order valence-electron chi connectivity index (χ2n) is 4.50. The van der Waals surface area contributed by atoms with Crippen LogP contribution in [0.2, 0.25) is 0 Å². The predicted octanol–water partition coefficient (Wildman–Crippen LogP) is 0.803. The molecule has 0 radical (unpaired) electrons. The fourth-order valence-corrected chi connectivity index (χ4v) is 2.13. The second-order valence-corrected chi connectivity index (χ2v) is 4.50. The zero-order valence-corrected chi connectivity index (χ0v) is 10.4. The molecule has 102 valence electrons. The molecule has 1 heterocycles. The first-order valence-electron chi connectivity index (χ1n) is 6.13. The summed E-state index contributed by atoms with van der Waals surface area (Å²) in [5.74, 6) is -0.892. The fourth-order valence-electron chi connectivity index (χ4n) is 2.13. The number of hydrogen-bond acceptors (Lipinski definition) is 3. The average molecular weight is 264 g/mol. The van der Waals surface area contributed by atoms with Crippen LogP contribution in [0.4, 0.5) is 4.79 Å². The predicted molar refractivity (Wildman–Crippen MR) is 68.0 cm³/mol. The molecule has 0 aromatic heterocycles. The normalized spacial score (nSPS) is 16.8. The molecule has 6 heteroatoms. The molecule has 1 saturated heterocycles. The number of urea groups is 1. The van der Waals surface area contributed by atoms with E-state index in [0.29, 0.717) is 13.1 Å². The molecular formula is C13H16N2O4. The maximum atomic E-state index is 11.7. The lowest BCUT2D eigenvalue weighted by Crippen LogP contribution is -2.54. The van der Waals surface area contributed by atoms with Gasteiger partial charge in [-0.2, -0.15) is 0 Å². The van der Waals surface area contributed by atoms with Crippen molar-refractivity contribution < 1.29 is 19.8 Å². The molecule has 1 aliphatic heterocycles. The van der Waals surface area contributed by atoms with Gasteiger partial charge in [0.1, 0.15) is 11.8 Å². The monoisotopic (exact) mass is 264 g/mol. The molecule has 3 N–H and O–H groups in total. The van der Waals surface area contributed by atoms with Crippen LogP contribution in [-0.2, 0) is 11.2 Å². The van der Waals surface area contributed by atoms with Gasteiger partial charge < -0.3 is 20.4 Å². The molecule has 1 aliphatic rings. The number of carbonyl (C=O) groups excluding carboxylic acids is 1. The summed E-state index contributed by atoms with van der Waals surface area (Å²) in [6.45, 7) is 1.03. The van der Waals surface area contributed by atoms with Gasteiger partial charge in [-0.05, 0) is 24.1 Å². The van der Waals surface area contributed by atoms with E-state index in [1.807, 2.05) is 0 Å². The van der Waals surface area contributed by atoms with E-state index in [2.05, 4.69) is 5.32 Å². The third-order valence-electron chi connectivity index (χ3n) is 3.14. The Balaban J connectivity index is 2.13. The summed E-state index contributed by atoms with van der Waals surface area (Å²) in [6.07, 6.45) is 0.966. The topological polar surface area (TPSA) is 89.9 Å². The van der Waals surface area contributed by atoms with E-state index in [-0.39, 0.29) is 18.2 Å². The summed E-state index contributed by atoms with van der Waals surface area (Å²) in [6, 6.07) is 5.11. The molecule has 2 rings (SSSR count). The van der Waals surface area contributed by atoms with Gasteiger partial charge in [0, 0.05) is 19.5 Å². The lowest BCUT2D eigenvalue weighted by Gasteiger charge is -2.32. The lowest BCUT2D eigenvalue weighted by molar-refractivity contribution is -0.142. The van der Waals surface area contributed by atoms with Crippen molar-refractivity contribution in [3.8, 4) is 5.75 Å². The van der Waals surface area contributed by atoms with E-state index in [0.717, 1.165) is 12.0 Å². The highest BCUT2D eigenvalue weighted by atomic mass is 16.4. The number of nitrogens with zero attached hydrogens (tertiary/aromatic N) is 1. The molecule has 1 aromatic rings. The van der Waals surface area contributed by atoms with Gasteiger partial charge in [-0.3, -0.25) is 0 Å². The van der Waals surface area contributed by atoms with Crippen LogP contribution in [0, 0.1) is 0 Å². The van der Waals surface area contributed by atoms with Gasteiger partial charge in [-0.1, -0.05) is 12.1 Å². The van der Waals surface area contributed by atoms with Crippen molar-refractivity contribution in [2.45, 2.75) is 18.9 Å². The Morgan fingerprint density at radius 2 is 2.05 bits per heavy atom. The van der Waals surface area contributed by atoms with Gasteiger partial charge in [0.2, 0.25) is 0 Å². The zero-order valence-electron chi connectivity index (χ0n) is 10.4. The van der Waals surface area contributed by atoms with Crippen molar-refractivity contribution in [2.75, 3.05) is 13.1 Å². The number of hydrogen-bond donors (Lipinski definition) is 3. The summed E-state index contributed by atoms with van der Waals surface area (Å²) in [7, 11) is 0. The van der Waals surface area contributed by atoms with E-state index in [1.165, 1.54) is 17.0 Å². The summed E-state index contributed by atoms with van der Waals surface area (Å²) < 4.78 is 0. The summed E-state index contributed by atoms with van der Waals surface area (Å²) in [5, 5.41) is 21.1. The average Bonchev–Trinajstić information content (AvgIpc) is 2.39. The second kappa shape index (κ2) is 5.60. The van der Waals surface area contributed by atoms with Crippen LogP contribution in [0.1, 0.15) is 12.0 Å². The quantitative estimate of drug-likeness (QED) is 0.750. The van der Waals surface area contributed by atoms with Crippen molar-refractivity contribution in [2.24, 2.45) is 0 Å². The minimum Gasteiger partial charge on any atom is -0.508 e. The number of aromatic hydroxyl groups is 1. The molecule has 19 heavy (non-hydrogen) atoms. The first kappa shape index (κ1) is 13.2. The summed E-state index contributed by atoms with van der Waals surface area (Å²) in [5.41, 5.74) is 0.767. The Bertz CT molecular complexity index is 472. The van der Waals surface area contributed by atoms with Gasteiger partial charge in [0.05, 0.1) is 0 Å². The fraction of sp³-hybridized carbons (Fsp3) is 0.385. The van der Waals surface area contributed by atoms with Crippen molar-refractivity contribution in [1.82, 2.24) is 10.2 Å². The number of aliphatic carboxylic acids is 1. The van der Waals surface area contributed by atoms with Gasteiger partial charge in [-0.25, -0.2) is 9.59 Å². The summed E-state index contributed by atoms with van der Waals surface area (Å²) in [4.78, 5) is 24.4. The smallest absolute Gasteiger partial charge is 0.326 e. The SMILES string of the molecule is O=C(O)C(Cc1ccc(O)cc1)N1CCCNC1=O. The highest BCUT2D eigenvalue weighted by molar-refractivity contribution is 5.83. The maximum Gasteiger partial charge on any atom is 0.326 e. The zero-order chi connectivity index (χ0) is 13.8. The molecule has 0 bridgehead atoms. The molecule has 1 fully saturated rings. The molecule has 2 amide bonds. The number of phenolic OH excluding ortho intramolecular Hbond substituents is 1. The highest BCUT2D eigenvalue weighted by Gasteiger charge is 2.31. The third-order valence-corrected chi connectivity index (χ3v) is 3.14. The Kier molecular flexibility index (Phi) is 3.89. The first-order valence-corrected chi connectivity index (χ1v) is 6.13. The number of phenols is 1. The van der Waals surface area contributed by atoms with Crippen molar-refractivity contribution >= 4 is 12.0 Å². The molecule has 0 aliphatic carbocycles. The first-order chi connectivity index (χ1) is 9.08. The Morgan fingerprint density at radius 1 is 1.37 bits per heavy atom. The van der Waals surface area contributed by atoms with Gasteiger partial charge in [0.15, 0.2) is 0 Å². The number of carboxylic acids is 1. The lowest BCUT2D eigenvalue weighted by atomic mass is 10.0. The van der Waals surface area contributed by atoms with Crippen LogP contribution in [0.3, 0.4) is 0 Å². The standard InChI is InChI=1S/C13H16N2O4/c16-10-4-2-9(3-5-10)8-11(12(17)18)15-7-1-6-14-13(15)19/h2-5,11,16H,1,6-8H2,(H,14,19)(H,17,18). The number of amides is 2. The van der Waals surface area contributed by atoms with E-state index in [4.69, 9.17) is 0 Å².